The molecule has 1 saturated heterocycles. The Morgan fingerprint density at radius 1 is 0.955 bits per heavy atom. The van der Waals surface area contributed by atoms with Crippen LogP contribution in [0.15, 0.2) is 18.2 Å². The molecule has 2 bridgehead atoms. The Balaban J connectivity index is 1.77. The molecule has 7 heteroatoms. The van der Waals surface area contributed by atoms with Gasteiger partial charge in [-0.25, -0.2) is 4.90 Å². The van der Waals surface area contributed by atoms with Crippen LogP contribution in [0.2, 0.25) is 10.0 Å². The summed E-state index contributed by atoms with van der Waals surface area (Å²) in [7, 11) is 0. The lowest BCUT2D eigenvalue weighted by Crippen LogP contribution is -2.42. The Morgan fingerprint density at radius 2 is 1.41 bits per heavy atom. The van der Waals surface area contributed by atoms with E-state index in [0.717, 1.165) is 4.90 Å². The average molecular weight is 342 g/mol. The highest BCUT2D eigenvalue weighted by atomic mass is 35.5. The average Bonchev–Trinajstić information content (AvgIpc) is 2.94. The Morgan fingerprint density at radius 3 is 1.86 bits per heavy atom. The third-order valence-corrected chi connectivity index (χ3v) is 5.69. The molecular weight excluding hydrogens is 329 g/mol. The summed E-state index contributed by atoms with van der Waals surface area (Å²) >= 11 is 11.9. The second-order valence-electron chi connectivity index (χ2n) is 6.26. The molecule has 3 fully saturated rings. The molecular formula is C15H13Cl2NO4. The number of carbonyl (C=O) groups is 2. The van der Waals surface area contributed by atoms with Crippen molar-refractivity contribution in [3.05, 3.63) is 28.2 Å². The molecule has 0 aromatic heterocycles. The number of amides is 2. The van der Waals surface area contributed by atoms with Crippen molar-refractivity contribution in [3.63, 3.8) is 0 Å². The molecule has 2 unspecified atom stereocenters. The Hall–Kier alpha value is -1.14. The van der Waals surface area contributed by atoms with E-state index in [1.165, 1.54) is 18.2 Å². The quantitative estimate of drug-likeness (QED) is 0.603. The lowest BCUT2D eigenvalue weighted by atomic mass is 9.81. The largest absolute Gasteiger partial charge is 0.365 e. The number of benzene rings is 1. The molecule has 1 heterocycles. The van der Waals surface area contributed by atoms with Gasteiger partial charge in [-0.2, -0.15) is 0 Å². The number of carbonyl (C=O) groups excluding carboxylic acids is 2. The fraction of sp³-hybridized carbons (Fsp3) is 0.467. The number of hydrogen-bond donors (Lipinski definition) is 2. The van der Waals surface area contributed by atoms with E-state index in [9.17, 15) is 19.8 Å². The predicted molar refractivity (Wildman–Crippen MR) is 79.3 cm³/mol. The van der Waals surface area contributed by atoms with Gasteiger partial charge < -0.3 is 10.2 Å². The number of halogens is 2. The van der Waals surface area contributed by atoms with E-state index in [2.05, 4.69) is 0 Å². The summed E-state index contributed by atoms with van der Waals surface area (Å²) in [4.78, 5) is 26.5. The number of anilines is 1. The standard InChI is InChI=1S/C15H13Cl2NO4/c16-6-3-7(17)5-8(4-6)18-13(19)11-9-1-2-10(15(9,21)22)12(11)14(18)20/h3-5,9-12,21-22H,1-2H2/t9-,10-,11?,12?/m0/s1. The Bertz CT molecular complexity index is 653. The first kappa shape index (κ1) is 14.5. The minimum absolute atomic E-state index is 0.335. The maximum absolute atomic E-state index is 12.7. The van der Waals surface area contributed by atoms with E-state index in [-0.39, 0.29) is 0 Å². The molecule has 2 aliphatic carbocycles. The molecule has 1 aliphatic heterocycles. The van der Waals surface area contributed by atoms with Gasteiger partial charge in [0.2, 0.25) is 11.8 Å². The Kier molecular flexibility index (Phi) is 2.92. The predicted octanol–water partition coefficient (Wildman–Crippen LogP) is 1.82. The van der Waals surface area contributed by atoms with Crippen molar-refractivity contribution in [2.75, 3.05) is 4.90 Å². The summed E-state index contributed by atoms with van der Waals surface area (Å²) in [6.45, 7) is 0. The van der Waals surface area contributed by atoms with Crippen molar-refractivity contribution >= 4 is 40.7 Å². The van der Waals surface area contributed by atoms with E-state index in [1.54, 1.807) is 0 Å². The van der Waals surface area contributed by atoms with Crippen LogP contribution in [0.3, 0.4) is 0 Å². The highest BCUT2D eigenvalue weighted by molar-refractivity contribution is 6.35. The van der Waals surface area contributed by atoms with Crippen molar-refractivity contribution in [3.8, 4) is 0 Å². The number of hydrogen-bond acceptors (Lipinski definition) is 4. The van der Waals surface area contributed by atoms with Crippen LogP contribution in [-0.2, 0) is 9.59 Å². The molecule has 2 N–H and O–H groups in total. The van der Waals surface area contributed by atoms with Gasteiger partial charge in [0, 0.05) is 21.9 Å². The zero-order valence-electron chi connectivity index (χ0n) is 11.4. The van der Waals surface area contributed by atoms with Gasteiger partial charge in [-0.1, -0.05) is 23.2 Å². The van der Waals surface area contributed by atoms with Crippen LogP contribution in [0.5, 0.6) is 0 Å². The fourth-order valence-electron chi connectivity index (χ4n) is 4.43. The van der Waals surface area contributed by atoms with E-state index in [0.29, 0.717) is 28.6 Å². The third kappa shape index (κ3) is 1.68. The molecule has 116 valence electrons. The summed E-state index contributed by atoms with van der Waals surface area (Å²) in [6, 6.07) is 4.54. The van der Waals surface area contributed by atoms with Gasteiger partial charge in [0.15, 0.2) is 5.79 Å². The molecule has 22 heavy (non-hydrogen) atoms. The van der Waals surface area contributed by atoms with Crippen molar-refractivity contribution in [1.82, 2.24) is 0 Å². The summed E-state index contributed by atoms with van der Waals surface area (Å²) in [6.07, 6.45) is 1.09. The van der Waals surface area contributed by atoms with Crippen molar-refractivity contribution < 1.29 is 19.8 Å². The zero-order valence-corrected chi connectivity index (χ0v) is 12.9. The monoisotopic (exact) mass is 341 g/mol. The van der Waals surface area contributed by atoms with Gasteiger partial charge in [0.1, 0.15) is 0 Å². The second-order valence-corrected chi connectivity index (χ2v) is 7.14. The molecule has 2 amide bonds. The topological polar surface area (TPSA) is 77.8 Å². The molecule has 1 aromatic carbocycles. The minimum Gasteiger partial charge on any atom is -0.365 e. The van der Waals surface area contributed by atoms with Crippen molar-refractivity contribution in [1.29, 1.82) is 0 Å². The Labute approximate surface area is 136 Å². The highest BCUT2D eigenvalue weighted by Crippen LogP contribution is 2.60. The molecule has 0 spiro atoms. The number of aliphatic hydroxyl groups is 2. The van der Waals surface area contributed by atoms with Crippen LogP contribution in [0, 0.1) is 23.7 Å². The molecule has 2 saturated carbocycles. The minimum atomic E-state index is -1.92. The summed E-state index contributed by atoms with van der Waals surface area (Å²) in [5, 5.41) is 21.0. The summed E-state index contributed by atoms with van der Waals surface area (Å²) in [5.74, 6) is -5.21. The highest BCUT2D eigenvalue weighted by Gasteiger charge is 2.71. The van der Waals surface area contributed by atoms with Gasteiger partial charge >= 0.3 is 0 Å². The molecule has 3 aliphatic rings. The van der Waals surface area contributed by atoms with Crippen molar-refractivity contribution in [2.45, 2.75) is 18.6 Å². The maximum atomic E-state index is 12.7. The summed E-state index contributed by atoms with van der Waals surface area (Å²) in [5.41, 5.74) is 0.336. The van der Waals surface area contributed by atoms with Gasteiger partial charge in [-0.3, -0.25) is 9.59 Å². The van der Waals surface area contributed by atoms with Crippen LogP contribution in [-0.4, -0.2) is 27.8 Å². The molecule has 4 rings (SSSR count). The van der Waals surface area contributed by atoms with Crippen LogP contribution in [0.4, 0.5) is 5.69 Å². The lowest BCUT2D eigenvalue weighted by molar-refractivity contribution is -0.199. The third-order valence-electron chi connectivity index (χ3n) is 5.25. The number of nitrogens with zero attached hydrogens (tertiary/aromatic N) is 1. The van der Waals surface area contributed by atoms with Gasteiger partial charge in [-0.15, -0.1) is 0 Å². The zero-order chi connectivity index (χ0) is 15.8. The van der Waals surface area contributed by atoms with Crippen LogP contribution < -0.4 is 4.90 Å². The fourth-order valence-corrected chi connectivity index (χ4v) is 4.94. The van der Waals surface area contributed by atoms with Crippen LogP contribution in [0.25, 0.3) is 0 Å². The van der Waals surface area contributed by atoms with E-state index < -0.39 is 41.3 Å². The first-order chi connectivity index (χ1) is 10.3. The van der Waals surface area contributed by atoms with E-state index in [4.69, 9.17) is 23.2 Å². The SMILES string of the molecule is O=C1C2C(C(=O)N1c1cc(Cl)cc(Cl)c1)[C@@H]1CC[C@@H]2C1(O)O. The van der Waals surface area contributed by atoms with Gasteiger partial charge in [0.05, 0.1) is 17.5 Å². The lowest BCUT2D eigenvalue weighted by Gasteiger charge is -2.25. The van der Waals surface area contributed by atoms with E-state index in [1.807, 2.05) is 0 Å². The molecule has 0 radical (unpaired) electrons. The normalized spacial score (nSPS) is 35.4. The van der Waals surface area contributed by atoms with Gasteiger partial charge in [-0.05, 0) is 31.0 Å². The van der Waals surface area contributed by atoms with Crippen molar-refractivity contribution in [2.24, 2.45) is 23.7 Å². The van der Waals surface area contributed by atoms with Crippen LogP contribution in [0.1, 0.15) is 12.8 Å². The molecule has 5 nitrogen and oxygen atoms in total. The van der Waals surface area contributed by atoms with E-state index >= 15 is 0 Å². The summed E-state index contributed by atoms with van der Waals surface area (Å²) < 4.78 is 0. The van der Waals surface area contributed by atoms with Gasteiger partial charge in [0.25, 0.3) is 0 Å². The first-order valence-corrected chi connectivity index (χ1v) is 7.86. The number of rotatable bonds is 1. The smallest absolute Gasteiger partial charge is 0.238 e. The van der Waals surface area contributed by atoms with Crippen LogP contribution >= 0.6 is 23.2 Å². The second kappa shape index (κ2) is 4.45. The number of fused-ring (bicyclic) bond motifs is 5. The first-order valence-electron chi connectivity index (χ1n) is 7.11. The molecule has 4 atom stereocenters. The molecule has 1 aromatic rings. The maximum Gasteiger partial charge on any atom is 0.238 e. The number of imide groups is 1.